The van der Waals surface area contributed by atoms with Gasteiger partial charge >= 0.3 is 0 Å². The fourth-order valence-corrected chi connectivity index (χ4v) is 1.08. The molecule has 0 bridgehead atoms. The molecule has 0 aliphatic rings. The second-order valence-electron chi connectivity index (χ2n) is 3.43. The van der Waals surface area contributed by atoms with Gasteiger partial charge in [0.1, 0.15) is 0 Å². The summed E-state index contributed by atoms with van der Waals surface area (Å²) in [6.07, 6.45) is 0. The highest BCUT2D eigenvalue weighted by atomic mass is 16.3. The molecule has 13 heavy (non-hydrogen) atoms. The fourth-order valence-electron chi connectivity index (χ4n) is 1.08. The summed E-state index contributed by atoms with van der Waals surface area (Å²) in [6.45, 7) is 1.70. The molecule has 0 aliphatic heterocycles. The van der Waals surface area contributed by atoms with Crippen molar-refractivity contribution in [2.45, 2.75) is 19.1 Å². The van der Waals surface area contributed by atoms with Crippen LogP contribution in [-0.2, 0) is 12.1 Å². The van der Waals surface area contributed by atoms with E-state index in [2.05, 4.69) is 0 Å². The SMILES string of the molecule is CC(N)(CO)c1ccc(CO)cc1. The molecular weight excluding hydrogens is 166 g/mol. The second-order valence-corrected chi connectivity index (χ2v) is 3.43. The fraction of sp³-hybridized carbons (Fsp3) is 0.400. The number of benzene rings is 1. The van der Waals surface area contributed by atoms with Crippen molar-refractivity contribution in [2.24, 2.45) is 5.73 Å². The Bertz CT molecular complexity index is 267. The predicted molar refractivity (Wildman–Crippen MR) is 51.0 cm³/mol. The standard InChI is InChI=1S/C10H15NO2/c1-10(11,7-13)9-4-2-8(6-12)3-5-9/h2-5,12-13H,6-7,11H2,1H3. The van der Waals surface area contributed by atoms with Crippen molar-refractivity contribution >= 4 is 0 Å². The summed E-state index contributed by atoms with van der Waals surface area (Å²) in [5, 5.41) is 17.8. The van der Waals surface area contributed by atoms with E-state index in [9.17, 15) is 0 Å². The Kier molecular flexibility index (Phi) is 3.03. The molecule has 1 aromatic carbocycles. The van der Waals surface area contributed by atoms with Crippen LogP contribution in [0.5, 0.6) is 0 Å². The first-order valence-corrected chi connectivity index (χ1v) is 4.20. The van der Waals surface area contributed by atoms with E-state index >= 15 is 0 Å². The molecule has 72 valence electrons. The highest BCUT2D eigenvalue weighted by Crippen LogP contribution is 2.17. The van der Waals surface area contributed by atoms with E-state index in [1.807, 2.05) is 12.1 Å². The van der Waals surface area contributed by atoms with Gasteiger partial charge in [-0.3, -0.25) is 0 Å². The van der Waals surface area contributed by atoms with Gasteiger partial charge in [0.15, 0.2) is 0 Å². The average Bonchev–Trinajstić information content (AvgIpc) is 2.18. The molecule has 3 nitrogen and oxygen atoms in total. The van der Waals surface area contributed by atoms with Gasteiger partial charge < -0.3 is 15.9 Å². The first-order valence-electron chi connectivity index (χ1n) is 4.20. The van der Waals surface area contributed by atoms with Gasteiger partial charge in [-0.25, -0.2) is 0 Å². The molecule has 0 aliphatic carbocycles. The van der Waals surface area contributed by atoms with Crippen molar-refractivity contribution < 1.29 is 10.2 Å². The Morgan fingerprint density at radius 2 is 1.77 bits per heavy atom. The van der Waals surface area contributed by atoms with E-state index in [0.29, 0.717) is 0 Å². The zero-order chi connectivity index (χ0) is 9.90. The van der Waals surface area contributed by atoms with Crippen molar-refractivity contribution in [1.29, 1.82) is 0 Å². The molecule has 1 atom stereocenters. The minimum Gasteiger partial charge on any atom is -0.394 e. The van der Waals surface area contributed by atoms with Gasteiger partial charge in [0.05, 0.1) is 18.8 Å². The average molecular weight is 181 g/mol. The largest absolute Gasteiger partial charge is 0.394 e. The van der Waals surface area contributed by atoms with Gasteiger partial charge in [0.25, 0.3) is 0 Å². The summed E-state index contributed by atoms with van der Waals surface area (Å²) in [6, 6.07) is 7.25. The molecule has 0 radical (unpaired) electrons. The zero-order valence-electron chi connectivity index (χ0n) is 7.70. The van der Waals surface area contributed by atoms with E-state index in [1.54, 1.807) is 19.1 Å². The maximum atomic E-state index is 9.00. The second kappa shape index (κ2) is 3.87. The van der Waals surface area contributed by atoms with E-state index in [-0.39, 0.29) is 13.2 Å². The molecule has 0 spiro atoms. The summed E-state index contributed by atoms with van der Waals surface area (Å²) in [7, 11) is 0. The van der Waals surface area contributed by atoms with Crippen LogP contribution in [0.2, 0.25) is 0 Å². The number of aliphatic hydroxyl groups excluding tert-OH is 2. The molecule has 4 N–H and O–H groups in total. The lowest BCUT2D eigenvalue weighted by atomic mass is 9.93. The third-order valence-corrected chi connectivity index (χ3v) is 2.12. The molecular formula is C10H15NO2. The molecule has 1 unspecified atom stereocenters. The number of hydrogen-bond donors (Lipinski definition) is 3. The van der Waals surface area contributed by atoms with Crippen LogP contribution < -0.4 is 5.73 Å². The topological polar surface area (TPSA) is 66.5 Å². The van der Waals surface area contributed by atoms with Gasteiger partial charge in [-0.1, -0.05) is 24.3 Å². The van der Waals surface area contributed by atoms with Crippen molar-refractivity contribution in [3.8, 4) is 0 Å². The van der Waals surface area contributed by atoms with Gasteiger partial charge in [0.2, 0.25) is 0 Å². The first-order chi connectivity index (χ1) is 6.10. The van der Waals surface area contributed by atoms with Crippen LogP contribution in [0.3, 0.4) is 0 Å². The summed E-state index contributed by atoms with van der Waals surface area (Å²) < 4.78 is 0. The van der Waals surface area contributed by atoms with Crippen molar-refractivity contribution in [3.05, 3.63) is 35.4 Å². The minimum absolute atomic E-state index is 0.0285. The Hall–Kier alpha value is -0.900. The molecule has 0 saturated carbocycles. The van der Waals surface area contributed by atoms with Gasteiger partial charge in [-0.15, -0.1) is 0 Å². The number of hydrogen-bond acceptors (Lipinski definition) is 3. The van der Waals surface area contributed by atoms with Crippen LogP contribution in [0.1, 0.15) is 18.1 Å². The lowest BCUT2D eigenvalue weighted by Gasteiger charge is -2.22. The molecule has 1 rings (SSSR count). The van der Waals surface area contributed by atoms with Crippen LogP contribution in [-0.4, -0.2) is 16.8 Å². The smallest absolute Gasteiger partial charge is 0.0681 e. The Balaban J connectivity index is 2.92. The van der Waals surface area contributed by atoms with Gasteiger partial charge in [-0.05, 0) is 18.1 Å². The van der Waals surface area contributed by atoms with Crippen LogP contribution in [0, 0.1) is 0 Å². The number of nitrogens with two attached hydrogens (primary N) is 1. The van der Waals surface area contributed by atoms with Crippen LogP contribution in [0.4, 0.5) is 0 Å². The Morgan fingerprint density at radius 1 is 1.23 bits per heavy atom. The molecule has 0 aromatic heterocycles. The summed E-state index contributed by atoms with van der Waals surface area (Å²) >= 11 is 0. The van der Waals surface area contributed by atoms with E-state index < -0.39 is 5.54 Å². The maximum Gasteiger partial charge on any atom is 0.0681 e. The molecule has 0 heterocycles. The summed E-state index contributed by atoms with van der Waals surface area (Å²) in [4.78, 5) is 0. The van der Waals surface area contributed by atoms with E-state index in [4.69, 9.17) is 15.9 Å². The predicted octanol–water partition coefficient (Wildman–Crippen LogP) is 0.345. The quantitative estimate of drug-likeness (QED) is 0.630. The molecule has 0 saturated heterocycles. The first kappa shape index (κ1) is 10.2. The van der Waals surface area contributed by atoms with Gasteiger partial charge in [0, 0.05) is 0 Å². The number of rotatable bonds is 3. The van der Waals surface area contributed by atoms with Crippen molar-refractivity contribution in [1.82, 2.24) is 0 Å². The van der Waals surface area contributed by atoms with Crippen LogP contribution >= 0.6 is 0 Å². The van der Waals surface area contributed by atoms with Crippen LogP contribution in [0.15, 0.2) is 24.3 Å². The van der Waals surface area contributed by atoms with E-state index in [1.165, 1.54) is 0 Å². The summed E-state index contributed by atoms with van der Waals surface area (Å²) in [5.74, 6) is 0. The molecule has 0 amide bonds. The normalized spacial score (nSPS) is 15.4. The molecule has 3 heteroatoms. The molecule has 0 fully saturated rings. The summed E-state index contributed by atoms with van der Waals surface area (Å²) in [5.41, 5.74) is 6.83. The highest BCUT2D eigenvalue weighted by molar-refractivity contribution is 5.27. The maximum absolute atomic E-state index is 9.00. The lowest BCUT2D eigenvalue weighted by molar-refractivity contribution is 0.210. The molecule has 1 aromatic rings. The third kappa shape index (κ3) is 2.28. The van der Waals surface area contributed by atoms with Crippen molar-refractivity contribution in [2.75, 3.05) is 6.61 Å². The lowest BCUT2D eigenvalue weighted by Crippen LogP contribution is -2.36. The van der Waals surface area contributed by atoms with Gasteiger partial charge in [-0.2, -0.15) is 0 Å². The van der Waals surface area contributed by atoms with E-state index in [0.717, 1.165) is 11.1 Å². The number of aliphatic hydroxyl groups is 2. The van der Waals surface area contributed by atoms with Crippen molar-refractivity contribution in [3.63, 3.8) is 0 Å². The Labute approximate surface area is 77.8 Å². The third-order valence-electron chi connectivity index (χ3n) is 2.12. The zero-order valence-corrected chi connectivity index (χ0v) is 7.70. The van der Waals surface area contributed by atoms with Crippen LogP contribution in [0.25, 0.3) is 0 Å². The monoisotopic (exact) mass is 181 g/mol. The minimum atomic E-state index is -0.700. The Morgan fingerprint density at radius 3 is 2.15 bits per heavy atom. The highest BCUT2D eigenvalue weighted by Gasteiger charge is 2.19.